The van der Waals surface area contributed by atoms with E-state index in [1.165, 1.54) is 22.5 Å². The van der Waals surface area contributed by atoms with E-state index in [2.05, 4.69) is 5.10 Å². The summed E-state index contributed by atoms with van der Waals surface area (Å²) in [5.74, 6) is -0.556. The van der Waals surface area contributed by atoms with E-state index in [1.807, 2.05) is 24.6 Å². The van der Waals surface area contributed by atoms with E-state index in [-0.39, 0.29) is 43.0 Å². The third kappa shape index (κ3) is 3.91. The van der Waals surface area contributed by atoms with Crippen molar-refractivity contribution in [2.24, 2.45) is 0 Å². The summed E-state index contributed by atoms with van der Waals surface area (Å²) in [6, 6.07) is 7.34. The first-order valence-corrected chi connectivity index (χ1v) is 12.6. The number of fused-ring (bicyclic) bond motifs is 1. The maximum atomic E-state index is 14.1. The minimum absolute atomic E-state index is 0.109. The number of halogens is 1. The Balaban J connectivity index is 1.40. The molecule has 1 saturated carbocycles. The highest BCUT2D eigenvalue weighted by Gasteiger charge is 2.34. The Morgan fingerprint density at radius 2 is 1.82 bits per heavy atom. The van der Waals surface area contributed by atoms with Gasteiger partial charge in [0.2, 0.25) is 10.0 Å². The van der Waals surface area contributed by atoms with E-state index in [4.69, 9.17) is 4.98 Å². The molecule has 0 spiro atoms. The lowest BCUT2D eigenvalue weighted by Crippen LogP contribution is -2.50. The predicted octanol–water partition coefficient (Wildman–Crippen LogP) is 3.18. The van der Waals surface area contributed by atoms with Crippen LogP contribution in [0.5, 0.6) is 0 Å². The summed E-state index contributed by atoms with van der Waals surface area (Å²) in [6.07, 6.45) is 3.81. The molecule has 0 unspecified atom stereocenters. The molecule has 0 radical (unpaired) electrons. The molecule has 1 aromatic carbocycles. The highest BCUT2D eigenvalue weighted by atomic mass is 32.2. The molecule has 1 aliphatic heterocycles. The monoisotopic (exact) mass is 471 g/mol. The number of piperazine rings is 1. The number of aromatic nitrogens is 3. The van der Waals surface area contributed by atoms with E-state index >= 15 is 0 Å². The molecule has 1 aliphatic carbocycles. The molecule has 2 aliphatic rings. The largest absolute Gasteiger partial charge is 0.336 e. The van der Waals surface area contributed by atoms with Crippen LogP contribution in [0.1, 0.15) is 54.7 Å². The van der Waals surface area contributed by atoms with Crippen LogP contribution in [-0.4, -0.2) is 64.5 Å². The lowest BCUT2D eigenvalue weighted by Gasteiger charge is -2.34. The van der Waals surface area contributed by atoms with Gasteiger partial charge in [-0.3, -0.25) is 4.79 Å². The molecule has 1 saturated heterocycles. The Bertz CT molecular complexity index is 1330. The maximum absolute atomic E-state index is 14.1. The summed E-state index contributed by atoms with van der Waals surface area (Å²) in [4.78, 5) is 19.6. The average Bonchev–Trinajstić information content (AvgIpc) is 3.56. The molecule has 33 heavy (non-hydrogen) atoms. The molecule has 3 heterocycles. The van der Waals surface area contributed by atoms with Crippen molar-refractivity contribution in [3.8, 4) is 0 Å². The number of hydrogen-bond donors (Lipinski definition) is 0. The summed E-state index contributed by atoms with van der Waals surface area (Å²) < 4.78 is 42.9. The van der Waals surface area contributed by atoms with Crippen molar-refractivity contribution in [3.05, 3.63) is 53.6 Å². The molecular formula is C23H26FN5O3S. The molecule has 2 aromatic heterocycles. The summed E-state index contributed by atoms with van der Waals surface area (Å²) in [5.41, 5.74) is 2.17. The Morgan fingerprint density at radius 3 is 2.45 bits per heavy atom. The van der Waals surface area contributed by atoms with Crippen molar-refractivity contribution in [2.45, 2.75) is 43.5 Å². The first-order chi connectivity index (χ1) is 15.8. The standard InChI is InChI=1S/C23H26FN5O3S/c1-15(2)29-22-18(14-25-29)17(13-20(26-22)16-7-8-16)23(30)27-9-11-28(12-10-27)33(31,32)21-6-4-3-5-19(21)24/h3-6,13-16H,7-12H2,1-2H3. The molecule has 1 amide bonds. The Hall–Kier alpha value is -2.85. The first-order valence-electron chi connectivity index (χ1n) is 11.2. The molecule has 5 rings (SSSR count). The second kappa shape index (κ2) is 8.18. The fraction of sp³-hybridized carbons (Fsp3) is 0.435. The predicted molar refractivity (Wildman–Crippen MR) is 121 cm³/mol. The number of nitrogens with zero attached hydrogens (tertiary/aromatic N) is 5. The fourth-order valence-corrected chi connectivity index (χ4v) is 5.76. The van der Waals surface area contributed by atoms with Crippen LogP contribution in [0, 0.1) is 5.82 Å². The SMILES string of the molecule is CC(C)n1ncc2c(C(=O)N3CCN(S(=O)(=O)c4ccccc4F)CC3)cc(C3CC3)nc21. The lowest BCUT2D eigenvalue weighted by molar-refractivity contribution is 0.0699. The van der Waals surface area contributed by atoms with Gasteiger partial charge in [0.25, 0.3) is 5.91 Å². The molecule has 3 aromatic rings. The van der Waals surface area contributed by atoms with Gasteiger partial charge in [-0.05, 0) is 44.9 Å². The Kier molecular flexibility index (Phi) is 5.44. The van der Waals surface area contributed by atoms with Crippen LogP contribution in [0.2, 0.25) is 0 Å². The minimum Gasteiger partial charge on any atom is -0.336 e. The second-order valence-corrected chi connectivity index (χ2v) is 10.8. The molecule has 174 valence electrons. The van der Waals surface area contributed by atoms with E-state index in [0.29, 0.717) is 22.5 Å². The van der Waals surface area contributed by atoms with Crippen LogP contribution < -0.4 is 0 Å². The quantitative estimate of drug-likeness (QED) is 0.570. The number of hydrogen-bond acceptors (Lipinski definition) is 5. The summed E-state index contributed by atoms with van der Waals surface area (Å²) >= 11 is 0. The third-order valence-corrected chi connectivity index (χ3v) is 8.21. The number of amides is 1. The first kappa shape index (κ1) is 22.0. The zero-order valence-corrected chi connectivity index (χ0v) is 19.4. The van der Waals surface area contributed by atoms with Gasteiger partial charge < -0.3 is 4.90 Å². The highest BCUT2D eigenvalue weighted by molar-refractivity contribution is 7.89. The number of sulfonamides is 1. The topological polar surface area (TPSA) is 88.4 Å². The van der Waals surface area contributed by atoms with Gasteiger partial charge in [-0.25, -0.2) is 22.5 Å². The van der Waals surface area contributed by atoms with E-state index < -0.39 is 15.8 Å². The van der Waals surface area contributed by atoms with Gasteiger partial charge >= 0.3 is 0 Å². The van der Waals surface area contributed by atoms with E-state index in [0.717, 1.165) is 24.6 Å². The zero-order chi connectivity index (χ0) is 23.3. The molecule has 10 heteroatoms. The number of benzene rings is 1. The van der Waals surface area contributed by atoms with Crippen LogP contribution in [-0.2, 0) is 10.0 Å². The Labute approximate surface area is 192 Å². The smallest absolute Gasteiger partial charge is 0.254 e. The second-order valence-electron chi connectivity index (χ2n) is 8.92. The lowest BCUT2D eigenvalue weighted by atomic mass is 10.1. The van der Waals surface area contributed by atoms with Crippen LogP contribution in [0.15, 0.2) is 41.4 Å². The van der Waals surface area contributed by atoms with Gasteiger partial charge in [0.1, 0.15) is 10.7 Å². The van der Waals surface area contributed by atoms with E-state index in [9.17, 15) is 17.6 Å². The van der Waals surface area contributed by atoms with Gasteiger partial charge in [0.15, 0.2) is 5.65 Å². The molecule has 2 fully saturated rings. The molecule has 8 nitrogen and oxygen atoms in total. The van der Waals surface area contributed by atoms with Gasteiger partial charge in [-0.15, -0.1) is 0 Å². The molecule has 0 atom stereocenters. The van der Waals surface area contributed by atoms with Crippen molar-refractivity contribution in [3.63, 3.8) is 0 Å². The number of pyridine rings is 1. The third-order valence-electron chi connectivity index (χ3n) is 6.28. The zero-order valence-electron chi connectivity index (χ0n) is 18.6. The molecular weight excluding hydrogens is 445 g/mol. The number of carbonyl (C=O) groups excluding carboxylic acids is 1. The van der Waals surface area contributed by atoms with Crippen LogP contribution in [0.25, 0.3) is 11.0 Å². The van der Waals surface area contributed by atoms with Crippen LogP contribution in [0.4, 0.5) is 4.39 Å². The van der Waals surface area contributed by atoms with Gasteiger partial charge in [0, 0.05) is 43.8 Å². The van der Waals surface area contributed by atoms with Gasteiger partial charge in [-0.1, -0.05) is 12.1 Å². The average molecular weight is 472 g/mol. The van der Waals surface area contributed by atoms with Crippen molar-refractivity contribution in [1.82, 2.24) is 24.0 Å². The van der Waals surface area contributed by atoms with Crippen LogP contribution >= 0.6 is 0 Å². The summed E-state index contributed by atoms with van der Waals surface area (Å²) in [7, 11) is -3.96. The van der Waals surface area contributed by atoms with Gasteiger partial charge in [-0.2, -0.15) is 9.40 Å². The van der Waals surface area contributed by atoms with Gasteiger partial charge in [0.05, 0.1) is 17.1 Å². The van der Waals surface area contributed by atoms with Crippen molar-refractivity contribution in [1.29, 1.82) is 0 Å². The maximum Gasteiger partial charge on any atom is 0.254 e. The number of carbonyl (C=O) groups is 1. The van der Waals surface area contributed by atoms with Crippen molar-refractivity contribution < 1.29 is 17.6 Å². The van der Waals surface area contributed by atoms with Crippen LogP contribution in [0.3, 0.4) is 0 Å². The number of rotatable bonds is 5. The molecule has 0 bridgehead atoms. The van der Waals surface area contributed by atoms with Crippen molar-refractivity contribution in [2.75, 3.05) is 26.2 Å². The normalized spacial score (nSPS) is 17.8. The van der Waals surface area contributed by atoms with E-state index in [1.54, 1.807) is 11.1 Å². The Morgan fingerprint density at radius 1 is 1.12 bits per heavy atom. The summed E-state index contributed by atoms with van der Waals surface area (Å²) in [6.45, 7) is 4.72. The summed E-state index contributed by atoms with van der Waals surface area (Å²) in [5, 5.41) is 5.16. The van der Waals surface area contributed by atoms with Crippen molar-refractivity contribution >= 4 is 27.0 Å². The highest BCUT2D eigenvalue weighted by Crippen LogP contribution is 2.40. The fourth-order valence-electron chi connectivity index (χ4n) is 4.28. The minimum atomic E-state index is -3.96. The molecule has 0 N–H and O–H groups in total.